The second kappa shape index (κ2) is 4.00. The highest BCUT2D eigenvalue weighted by Crippen LogP contribution is 1.97. The fraction of sp³-hybridized carbons (Fsp3) is 0.500. The van der Waals surface area contributed by atoms with Crippen molar-refractivity contribution in [2.24, 2.45) is 5.73 Å². The molecule has 3 nitrogen and oxygen atoms in total. The van der Waals surface area contributed by atoms with Crippen molar-refractivity contribution in [1.29, 1.82) is 0 Å². The van der Waals surface area contributed by atoms with Gasteiger partial charge in [0.25, 0.3) is 0 Å². The van der Waals surface area contributed by atoms with Gasteiger partial charge in [-0.25, -0.2) is 4.39 Å². The van der Waals surface area contributed by atoms with Gasteiger partial charge < -0.3 is 10.8 Å². The molecule has 0 aliphatic carbocycles. The Kier molecular flexibility index (Phi) is 3.64. The van der Waals surface area contributed by atoms with Gasteiger partial charge in [0, 0.05) is 0 Å². The molecule has 0 aromatic carbocycles. The molecular weight excluding hydrogens is 137 g/mol. The highest BCUT2D eigenvalue weighted by Gasteiger charge is 2.08. The van der Waals surface area contributed by atoms with Crippen molar-refractivity contribution < 1.29 is 14.3 Å². The number of rotatable bonds is 3. The zero-order valence-corrected chi connectivity index (χ0v) is 5.67. The molecule has 0 radical (unpaired) electrons. The third-order valence-corrected chi connectivity index (χ3v) is 0.970. The molecule has 0 saturated heterocycles. The molecular formula is C6H10FNO2. The Balaban J connectivity index is 3.70. The first-order valence-electron chi connectivity index (χ1n) is 2.84. The van der Waals surface area contributed by atoms with E-state index >= 15 is 0 Å². The lowest BCUT2D eigenvalue weighted by Crippen LogP contribution is -2.29. The summed E-state index contributed by atoms with van der Waals surface area (Å²) in [5.74, 6) is -1.52. The topological polar surface area (TPSA) is 63.3 Å². The molecule has 3 N–H and O–H groups in total. The van der Waals surface area contributed by atoms with E-state index in [0.717, 1.165) is 6.08 Å². The fourth-order valence-electron chi connectivity index (χ4n) is 0.390. The molecule has 0 heterocycles. The summed E-state index contributed by atoms with van der Waals surface area (Å²) < 4.78 is 11.9. The van der Waals surface area contributed by atoms with Gasteiger partial charge in [-0.3, -0.25) is 4.79 Å². The van der Waals surface area contributed by atoms with E-state index in [0.29, 0.717) is 0 Å². The van der Waals surface area contributed by atoms with Crippen molar-refractivity contribution >= 4 is 5.97 Å². The van der Waals surface area contributed by atoms with Crippen LogP contribution in [0.3, 0.4) is 0 Å². The normalized spacial score (nSPS) is 14.9. The van der Waals surface area contributed by atoms with Crippen LogP contribution in [0.1, 0.15) is 13.3 Å². The number of carboxylic acid groups (broad SMARTS) is 1. The molecule has 0 spiro atoms. The first kappa shape index (κ1) is 9.10. The van der Waals surface area contributed by atoms with Gasteiger partial charge in [0.15, 0.2) is 0 Å². The Morgan fingerprint density at radius 1 is 1.90 bits per heavy atom. The number of nitrogens with two attached hydrogens (primary N) is 1. The van der Waals surface area contributed by atoms with Crippen molar-refractivity contribution in [3.8, 4) is 0 Å². The van der Waals surface area contributed by atoms with Crippen LogP contribution in [0.2, 0.25) is 0 Å². The summed E-state index contributed by atoms with van der Waals surface area (Å²) in [4.78, 5) is 10.0. The molecule has 58 valence electrons. The maximum absolute atomic E-state index is 11.9. The Bertz CT molecular complexity index is 152. The van der Waals surface area contributed by atoms with Crippen LogP contribution in [0.4, 0.5) is 4.39 Å². The smallest absolute Gasteiger partial charge is 0.320 e. The van der Waals surface area contributed by atoms with Gasteiger partial charge in [-0.05, 0) is 13.3 Å². The average molecular weight is 147 g/mol. The Morgan fingerprint density at radius 2 is 2.40 bits per heavy atom. The monoisotopic (exact) mass is 147 g/mol. The predicted molar refractivity (Wildman–Crippen MR) is 35.1 cm³/mol. The number of hydrogen-bond donors (Lipinski definition) is 2. The van der Waals surface area contributed by atoms with Crippen LogP contribution in [-0.2, 0) is 4.79 Å². The minimum absolute atomic E-state index is 0.0394. The summed E-state index contributed by atoms with van der Waals surface area (Å²) in [6, 6.07) is -0.995. The summed E-state index contributed by atoms with van der Waals surface area (Å²) >= 11 is 0. The molecule has 0 rings (SSSR count). The van der Waals surface area contributed by atoms with Crippen LogP contribution in [0.5, 0.6) is 0 Å². The summed E-state index contributed by atoms with van der Waals surface area (Å²) in [5.41, 5.74) is 5.05. The molecule has 1 atom stereocenters. The van der Waals surface area contributed by atoms with E-state index in [9.17, 15) is 9.18 Å². The van der Waals surface area contributed by atoms with Crippen LogP contribution >= 0.6 is 0 Å². The van der Waals surface area contributed by atoms with E-state index in [2.05, 4.69) is 0 Å². The Labute approximate surface area is 58.3 Å². The SMILES string of the molecule is C/C(F)=C/C[C@@H](N)C(=O)O. The molecule has 0 aliphatic rings. The Morgan fingerprint density at radius 3 is 2.70 bits per heavy atom. The predicted octanol–water partition coefficient (Wildman–Crippen LogP) is 0.662. The van der Waals surface area contributed by atoms with Crippen LogP contribution in [0.25, 0.3) is 0 Å². The number of carboxylic acids is 1. The largest absolute Gasteiger partial charge is 0.480 e. The Hall–Kier alpha value is -0.900. The highest BCUT2D eigenvalue weighted by atomic mass is 19.1. The molecule has 0 aromatic heterocycles. The quantitative estimate of drug-likeness (QED) is 0.616. The standard InChI is InChI=1S/C6H10FNO2/c1-4(7)2-3-5(8)6(9)10/h2,5H,3,8H2,1H3,(H,9,10)/b4-2-/t5-/m1/s1. The molecule has 4 heteroatoms. The third kappa shape index (κ3) is 4.03. The van der Waals surface area contributed by atoms with Gasteiger partial charge >= 0.3 is 5.97 Å². The molecule has 10 heavy (non-hydrogen) atoms. The second-order valence-corrected chi connectivity index (χ2v) is 1.97. The molecule has 0 aliphatic heterocycles. The highest BCUT2D eigenvalue weighted by molar-refractivity contribution is 5.73. The third-order valence-electron chi connectivity index (χ3n) is 0.970. The van der Waals surface area contributed by atoms with Crippen molar-refractivity contribution in [2.75, 3.05) is 0 Å². The number of allylic oxidation sites excluding steroid dienone is 1. The van der Waals surface area contributed by atoms with Gasteiger partial charge in [-0.2, -0.15) is 0 Å². The summed E-state index contributed by atoms with van der Waals surface area (Å²) in [7, 11) is 0. The molecule has 0 aromatic rings. The fourth-order valence-corrected chi connectivity index (χ4v) is 0.390. The lowest BCUT2D eigenvalue weighted by atomic mass is 10.2. The minimum Gasteiger partial charge on any atom is -0.480 e. The van der Waals surface area contributed by atoms with Crippen LogP contribution in [-0.4, -0.2) is 17.1 Å². The van der Waals surface area contributed by atoms with E-state index < -0.39 is 17.8 Å². The van der Waals surface area contributed by atoms with Crippen LogP contribution in [0, 0.1) is 0 Å². The van der Waals surface area contributed by atoms with Crippen molar-refractivity contribution in [2.45, 2.75) is 19.4 Å². The molecule has 0 bridgehead atoms. The summed E-state index contributed by atoms with van der Waals surface area (Å²) in [6.45, 7) is 1.24. The summed E-state index contributed by atoms with van der Waals surface area (Å²) in [5, 5.41) is 8.22. The number of hydrogen-bond acceptors (Lipinski definition) is 2. The average Bonchev–Trinajstić information content (AvgIpc) is 1.82. The molecule has 0 unspecified atom stereocenters. The van der Waals surface area contributed by atoms with E-state index in [1.165, 1.54) is 6.92 Å². The zero-order valence-electron chi connectivity index (χ0n) is 5.67. The zero-order chi connectivity index (χ0) is 8.15. The maximum Gasteiger partial charge on any atom is 0.320 e. The molecule has 0 saturated carbocycles. The number of aliphatic carboxylic acids is 1. The van der Waals surface area contributed by atoms with E-state index in [-0.39, 0.29) is 6.42 Å². The first-order chi connectivity index (χ1) is 4.54. The number of halogens is 1. The van der Waals surface area contributed by atoms with Gasteiger partial charge in [0.05, 0.1) is 5.83 Å². The molecule has 0 amide bonds. The van der Waals surface area contributed by atoms with Crippen LogP contribution < -0.4 is 5.73 Å². The van der Waals surface area contributed by atoms with Crippen molar-refractivity contribution in [1.82, 2.24) is 0 Å². The maximum atomic E-state index is 11.9. The van der Waals surface area contributed by atoms with E-state index in [1.54, 1.807) is 0 Å². The second-order valence-electron chi connectivity index (χ2n) is 1.97. The van der Waals surface area contributed by atoms with E-state index in [4.69, 9.17) is 10.8 Å². The van der Waals surface area contributed by atoms with Gasteiger partial charge in [-0.15, -0.1) is 0 Å². The van der Waals surface area contributed by atoms with Crippen molar-refractivity contribution in [3.63, 3.8) is 0 Å². The molecule has 0 fully saturated rings. The lowest BCUT2D eigenvalue weighted by molar-refractivity contribution is -0.138. The number of carbonyl (C=O) groups is 1. The minimum atomic E-state index is -1.11. The van der Waals surface area contributed by atoms with E-state index in [1.807, 2.05) is 0 Å². The summed E-state index contributed by atoms with van der Waals surface area (Å²) in [6.07, 6.45) is 1.19. The van der Waals surface area contributed by atoms with Gasteiger partial charge in [-0.1, -0.05) is 6.08 Å². The first-order valence-corrected chi connectivity index (χ1v) is 2.84. The van der Waals surface area contributed by atoms with Crippen LogP contribution in [0.15, 0.2) is 11.9 Å². The van der Waals surface area contributed by atoms with Crippen molar-refractivity contribution in [3.05, 3.63) is 11.9 Å². The van der Waals surface area contributed by atoms with Gasteiger partial charge in [0.1, 0.15) is 6.04 Å². The van der Waals surface area contributed by atoms with Gasteiger partial charge in [0.2, 0.25) is 0 Å². The lowest BCUT2D eigenvalue weighted by Gasteiger charge is -1.99.